The number of hydrogen-bond donors (Lipinski definition) is 2. The molecule has 0 aliphatic carbocycles. The van der Waals surface area contributed by atoms with Crippen molar-refractivity contribution in [3.8, 4) is 11.1 Å². The molecule has 1 atom stereocenters. The number of ketones is 1. The summed E-state index contributed by atoms with van der Waals surface area (Å²) in [6, 6.07) is 22.5. The predicted molar refractivity (Wildman–Crippen MR) is 125 cm³/mol. The van der Waals surface area contributed by atoms with Gasteiger partial charge in [-0.1, -0.05) is 71.8 Å². The van der Waals surface area contributed by atoms with Gasteiger partial charge in [-0.3, -0.25) is 14.4 Å². The first kappa shape index (κ1) is 22.9. The predicted octanol–water partition coefficient (Wildman–Crippen LogP) is 4.75. The Balaban J connectivity index is 1.78. The molecule has 5 heteroatoms. The van der Waals surface area contributed by atoms with Crippen molar-refractivity contribution in [2.24, 2.45) is 0 Å². The molecular formula is C27H27NO4. The van der Waals surface area contributed by atoms with Crippen LogP contribution in [-0.2, 0) is 16.0 Å². The number of carboxylic acid groups (broad SMARTS) is 1. The Morgan fingerprint density at radius 1 is 0.812 bits per heavy atom. The van der Waals surface area contributed by atoms with Crippen LogP contribution in [0.3, 0.4) is 0 Å². The highest BCUT2D eigenvalue weighted by Crippen LogP contribution is 2.20. The number of carbonyl (C=O) groups is 3. The van der Waals surface area contributed by atoms with Crippen LogP contribution in [0.2, 0.25) is 0 Å². The van der Waals surface area contributed by atoms with E-state index in [1.807, 2.05) is 74.5 Å². The van der Waals surface area contributed by atoms with Crippen molar-refractivity contribution in [2.75, 3.05) is 0 Å². The van der Waals surface area contributed by atoms with Gasteiger partial charge >= 0.3 is 5.97 Å². The quantitative estimate of drug-likeness (QED) is 0.514. The maximum absolute atomic E-state index is 12.9. The number of hydrogen-bond acceptors (Lipinski definition) is 3. The minimum atomic E-state index is -1.04. The van der Waals surface area contributed by atoms with E-state index >= 15 is 0 Å². The van der Waals surface area contributed by atoms with E-state index in [2.05, 4.69) is 5.32 Å². The number of carbonyl (C=O) groups excluding carboxylic acids is 2. The van der Waals surface area contributed by atoms with Crippen LogP contribution in [0.5, 0.6) is 0 Å². The van der Waals surface area contributed by atoms with E-state index in [-0.39, 0.29) is 24.5 Å². The van der Waals surface area contributed by atoms with Crippen molar-refractivity contribution in [1.29, 1.82) is 0 Å². The molecule has 5 nitrogen and oxygen atoms in total. The molecule has 3 aromatic carbocycles. The summed E-state index contributed by atoms with van der Waals surface area (Å²) < 4.78 is 0. The highest BCUT2D eigenvalue weighted by Gasteiger charge is 2.22. The molecule has 3 rings (SSSR count). The molecule has 1 amide bonds. The molecule has 0 aliphatic rings. The van der Waals surface area contributed by atoms with Gasteiger partial charge in [-0.15, -0.1) is 0 Å². The fourth-order valence-corrected chi connectivity index (χ4v) is 3.70. The van der Waals surface area contributed by atoms with Gasteiger partial charge in [0.25, 0.3) is 5.91 Å². The molecule has 0 radical (unpaired) electrons. The Hall–Kier alpha value is -3.73. The first-order valence-corrected chi connectivity index (χ1v) is 10.6. The largest absolute Gasteiger partial charge is 0.481 e. The Bertz CT molecular complexity index is 1080. The van der Waals surface area contributed by atoms with Crippen LogP contribution >= 0.6 is 0 Å². The number of carboxylic acids is 1. The molecule has 0 heterocycles. The van der Waals surface area contributed by atoms with Crippen molar-refractivity contribution in [2.45, 2.75) is 39.2 Å². The number of aliphatic carboxylic acids is 1. The average molecular weight is 430 g/mol. The zero-order chi connectivity index (χ0) is 23.1. The molecule has 0 bridgehead atoms. The van der Waals surface area contributed by atoms with Crippen LogP contribution in [-0.4, -0.2) is 28.8 Å². The van der Waals surface area contributed by atoms with Crippen LogP contribution in [0.4, 0.5) is 0 Å². The molecule has 164 valence electrons. The second kappa shape index (κ2) is 10.5. The van der Waals surface area contributed by atoms with E-state index in [1.54, 1.807) is 12.1 Å². The lowest BCUT2D eigenvalue weighted by Crippen LogP contribution is -2.42. The van der Waals surface area contributed by atoms with Gasteiger partial charge < -0.3 is 10.4 Å². The maximum Gasteiger partial charge on any atom is 0.303 e. The van der Waals surface area contributed by atoms with Crippen molar-refractivity contribution in [1.82, 2.24) is 5.32 Å². The lowest BCUT2D eigenvalue weighted by molar-refractivity contribution is -0.138. The van der Waals surface area contributed by atoms with E-state index in [1.165, 1.54) is 0 Å². The van der Waals surface area contributed by atoms with Gasteiger partial charge in [0, 0.05) is 12.0 Å². The number of Topliss-reactive ketones (excluding diaryl/α,β-unsaturated/α-hetero) is 1. The molecule has 0 aromatic heterocycles. The summed E-state index contributed by atoms with van der Waals surface area (Å²) in [4.78, 5) is 36.6. The summed E-state index contributed by atoms with van der Waals surface area (Å²) in [5.74, 6) is -1.67. The molecule has 0 saturated heterocycles. The molecule has 0 saturated carbocycles. The summed E-state index contributed by atoms with van der Waals surface area (Å²) in [6.45, 7) is 3.82. The Labute approximate surface area is 188 Å². The summed E-state index contributed by atoms with van der Waals surface area (Å²) >= 11 is 0. The van der Waals surface area contributed by atoms with Crippen molar-refractivity contribution in [3.63, 3.8) is 0 Å². The van der Waals surface area contributed by atoms with Crippen molar-refractivity contribution in [3.05, 3.63) is 95.1 Å². The first-order chi connectivity index (χ1) is 15.3. The minimum absolute atomic E-state index is 0.130. The molecule has 0 fully saturated rings. The fraction of sp³-hybridized carbons (Fsp3) is 0.222. The molecule has 0 spiro atoms. The number of nitrogens with one attached hydrogen (secondary N) is 1. The molecule has 32 heavy (non-hydrogen) atoms. The van der Waals surface area contributed by atoms with E-state index in [0.29, 0.717) is 12.0 Å². The Morgan fingerprint density at radius 2 is 1.41 bits per heavy atom. The number of benzene rings is 3. The average Bonchev–Trinajstić information content (AvgIpc) is 2.77. The third-order valence-corrected chi connectivity index (χ3v) is 5.26. The minimum Gasteiger partial charge on any atom is -0.481 e. The zero-order valence-corrected chi connectivity index (χ0v) is 18.3. The lowest BCUT2D eigenvalue weighted by Gasteiger charge is -2.18. The molecule has 3 aromatic rings. The van der Waals surface area contributed by atoms with Crippen molar-refractivity contribution >= 4 is 17.7 Å². The van der Waals surface area contributed by atoms with Crippen LogP contribution in [0.15, 0.2) is 72.8 Å². The summed E-state index contributed by atoms with van der Waals surface area (Å²) in [5.41, 5.74) is 5.44. The SMILES string of the molecule is Cc1cc(C)cc(C(=O)NC(Cc2ccc(-c3ccccc3)cc2)C(=O)CCC(=O)O)c1. The van der Waals surface area contributed by atoms with Crippen LogP contribution < -0.4 is 5.32 Å². The van der Waals surface area contributed by atoms with Gasteiger partial charge in [0.1, 0.15) is 0 Å². The third-order valence-electron chi connectivity index (χ3n) is 5.26. The molecular weight excluding hydrogens is 402 g/mol. The van der Waals surface area contributed by atoms with Crippen LogP contribution in [0, 0.1) is 13.8 Å². The highest BCUT2D eigenvalue weighted by molar-refractivity contribution is 5.98. The van der Waals surface area contributed by atoms with Crippen LogP contribution in [0.1, 0.15) is 39.9 Å². The van der Waals surface area contributed by atoms with Crippen molar-refractivity contribution < 1.29 is 19.5 Å². The molecule has 2 N–H and O–H groups in total. The monoisotopic (exact) mass is 429 g/mol. The first-order valence-electron chi connectivity index (χ1n) is 10.6. The number of aryl methyl sites for hydroxylation is 2. The van der Waals surface area contributed by atoms with Crippen LogP contribution in [0.25, 0.3) is 11.1 Å². The highest BCUT2D eigenvalue weighted by atomic mass is 16.4. The van der Waals surface area contributed by atoms with Gasteiger partial charge in [-0.2, -0.15) is 0 Å². The Kier molecular flexibility index (Phi) is 7.55. The second-order valence-electron chi connectivity index (χ2n) is 8.03. The summed E-state index contributed by atoms with van der Waals surface area (Å²) in [7, 11) is 0. The van der Waals surface area contributed by atoms with Gasteiger partial charge in [0.05, 0.1) is 12.5 Å². The Morgan fingerprint density at radius 3 is 2.00 bits per heavy atom. The topological polar surface area (TPSA) is 83.5 Å². The zero-order valence-electron chi connectivity index (χ0n) is 18.3. The van der Waals surface area contributed by atoms with Gasteiger partial charge in [-0.25, -0.2) is 0 Å². The maximum atomic E-state index is 12.9. The summed E-state index contributed by atoms with van der Waals surface area (Å²) in [5, 5.41) is 11.8. The standard InChI is InChI=1S/C27H27NO4/c1-18-14-19(2)16-23(15-18)27(32)28-24(25(29)12-13-26(30)31)17-20-8-10-22(11-9-20)21-6-4-3-5-7-21/h3-11,14-16,24H,12-13,17H2,1-2H3,(H,28,32)(H,30,31). The smallest absolute Gasteiger partial charge is 0.303 e. The fourth-order valence-electron chi connectivity index (χ4n) is 3.70. The molecule has 0 aliphatic heterocycles. The molecule has 1 unspecified atom stereocenters. The van der Waals surface area contributed by atoms with E-state index < -0.39 is 12.0 Å². The normalized spacial score (nSPS) is 11.6. The van der Waals surface area contributed by atoms with E-state index in [0.717, 1.165) is 27.8 Å². The number of amides is 1. The third kappa shape index (κ3) is 6.38. The summed E-state index contributed by atoms with van der Waals surface area (Å²) in [6.07, 6.45) is -0.0962. The second-order valence-corrected chi connectivity index (χ2v) is 8.03. The van der Waals surface area contributed by atoms with Gasteiger partial charge in [0.2, 0.25) is 0 Å². The van der Waals surface area contributed by atoms with E-state index in [4.69, 9.17) is 5.11 Å². The van der Waals surface area contributed by atoms with E-state index in [9.17, 15) is 14.4 Å². The van der Waals surface area contributed by atoms with Gasteiger partial charge in [-0.05, 0) is 49.1 Å². The lowest BCUT2D eigenvalue weighted by atomic mass is 9.97. The number of rotatable bonds is 9. The van der Waals surface area contributed by atoms with Gasteiger partial charge in [0.15, 0.2) is 5.78 Å².